The number of anilines is 1. The topological polar surface area (TPSA) is 76.2 Å². The second-order valence-corrected chi connectivity index (χ2v) is 11.6. The number of hydrogen-bond donors (Lipinski definition) is 1. The first-order valence-electron chi connectivity index (χ1n) is 13.3. The number of benzene rings is 2. The zero-order valence-electron chi connectivity index (χ0n) is 21.3. The van der Waals surface area contributed by atoms with Crippen LogP contribution in [0, 0.1) is 10.1 Å². The van der Waals surface area contributed by atoms with Crippen LogP contribution in [0.2, 0.25) is 0 Å². The highest BCUT2D eigenvalue weighted by atomic mass is 32.2. The summed E-state index contributed by atoms with van der Waals surface area (Å²) in [6.45, 7) is 0. The monoisotopic (exact) mass is 555 g/mol. The van der Waals surface area contributed by atoms with Crippen molar-refractivity contribution in [2.75, 3.05) is 4.90 Å². The van der Waals surface area contributed by atoms with Crippen LogP contribution in [0.5, 0.6) is 0 Å². The van der Waals surface area contributed by atoms with Crippen molar-refractivity contribution in [1.82, 2.24) is 14.9 Å². The maximum Gasteiger partial charge on any atom is 0.269 e. The number of nitro benzene ring substituents is 1. The first-order valence-corrected chi connectivity index (χ1v) is 14.5. The second-order valence-electron chi connectivity index (χ2n) is 10.0. The van der Waals surface area contributed by atoms with Gasteiger partial charge < -0.3 is 14.8 Å². The van der Waals surface area contributed by atoms with Crippen molar-refractivity contribution in [2.45, 2.75) is 60.0 Å². The predicted molar refractivity (Wildman–Crippen MR) is 158 cm³/mol. The third-order valence-corrected chi connectivity index (χ3v) is 8.90. The molecular formula is C30H29N5O2S2. The molecule has 4 aromatic rings. The van der Waals surface area contributed by atoms with Crippen molar-refractivity contribution in [1.29, 1.82) is 0 Å². The molecule has 0 unspecified atom stereocenters. The van der Waals surface area contributed by atoms with Crippen LogP contribution in [-0.4, -0.2) is 19.6 Å². The number of hydrogen-bond acceptors (Lipinski definition) is 5. The highest BCUT2D eigenvalue weighted by Crippen LogP contribution is 2.43. The summed E-state index contributed by atoms with van der Waals surface area (Å²) in [5.41, 5.74) is 3.28. The molecule has 6 rings (SSSR count). The summed E-state index contributed by atoms with van der Waals surface area (Å²) >= 11 is 7.47. The highest BCUT2D eigenvalue weighted by molar-refractivity contribution is 7.99. The van der Waals surface area contributed by atoms with Gasteiger partial charge in [0.1, 0.15) is 0 Å². The standard InChI is InChI=1S/C30H29N5O2S2/c36-35(37)24-11-15-26(16-12-24)39-25-13-9-23(10-14-25)34-29(28(32-30(34)38)27-8-4-5-18-31-27)21-17-19-33(20-21)22-6-2-1-3-7-22/h4-5,8-20,22,28-29H,1-3,6-7H2,(H,32,38)/t28-,29+/m1/s1. The molecule has 7 nitrogen and oxygen atoms in total. The summed E-state index contributed by atoms with van der Waals surface area (Å²) in [7, 11) is 0. The molecule has 1 saturated heterocycles. The van der Waals surface area contributed by atoms with E-state index in [9.17, 15) is 10.1 Å². The quantitative estimate of drug-likeness (QED) is 0.143. The molecule has 2 aliphatic rings. The smallest absolute Gasteiger partial charge is 0.269 e. The van der Waals surface area contributed by atoms with Crippen molar-refractivity contribution in [3.05, 3.63) is 113 Å². The zero-order valence-corrected chi connectivity index (χ0v) is 23.0. The van der Waals surface area contributed by atoms with Crippen LogP contribution >= 0.6 is 24.0 Å². The van der Waals surface area contributed by atoms with Crippen molar-refractivity contribution >= 4 is 40.5 Å². The van der Waals surface area contributed by atoms with E-state index in [4.69, 9.17) is 12.2 Å². The number of aromatic nitrogens is 2. The Morgan fingerprint density at radius 3 is 2.33 bits per heavy atom. The summed E-state index contributed by atoms with van der Waals surface area (Å²) in [5.74, 6) is 0. The highest BCUT2D eigenvalue weighted by Gasteiger charge is 2.41. The average Bonchev–Trinajstić information content (AvgIpc) is 3.59. The van der Waals surface area contributed by atoms with Crippen LogP contribution in [-0.2, 0) is 0 Å². The SMILES string of the molecule is O=[N+]([O-])c1ccc(Sc2ccc(N3C(=S)N[C@H](c4ccccn4)[C@@H]3c3ccn(C4CCCCC4)c3)cc2)cc1. The normalized spacial score (nSPS) is 19.7. The van der Waals surface area contributed by atoms with Gasteiger partial charge in [-0.3, -0.25) is 15.1 Å². The summed E-state index contributed by atoms with van der Waals surface area (Å²) < 4.78 is 2.40. The fraction of sp³-hybridized carbons (Fsp3) is 0.267. The number of rotatable bonds is 7. The molecule has 0 radical (unpaired) electrons. The van der Waals surface area contributed by atoms with Gasteiger partial charge in [0, 0.05) is 52.2 Å². The maximum atomic E-state index is 11.0. The van der Waals surface area contributed by atoms with Gasteiger partial charge in [-0.15, -0.1) is 0 Å². The maximum absolute atomic E-state index is 11.0. The van der Waals surface area contributed by atoms with Crippen molar-refractivity contribution in [3.63, 3.8) is 0 Å². The summed E-state index contributed by atoms with van der Waals surface area (Å²) in [5, 5.41) is 15.2. The Morgan fingerprint density at radius 1 is 0.949 bits per heavy atom. The number of nitrogens with zero attached hydrogens (tertiary/aromatic N) is 4. The largest absolute Gasteiger partial charge is 0.351 e. The predicted octanol–water partition coefficient (Wildman–Crippen LogP) is 7.62. The van der Waals surface area contributed by atoms with Gasteiger partial charge in [0.25, 0.3) is 5.69 Å². The van der Waals surface area contributed by atoms with E-state index in [-0.39, 0.29) is 22.7 Å². The number of nitrogens with one attached hydrogen (secondary N) is 1. The van der Waals surface area contributed by atoms with Gasteiger partial charge in [0.2, 0.25) is 0 Å². The zero-order chi connectivity index (χ0) is 26.8. The first kappa shape index (κ1) is 25.6. The molecule has 39 heavy (non-hydrogen) atoms. The van der Waals surface area contributed by atoms with Gasteiger partial charge in [0.05, 0.1) is 22.7 Å². The number of nitro groups is 1. The molecule has 2 atom stereocenters. The average molecular weight is 556 g/mol. The second kappa shape index (κ2) is 11.2. The minimum atomic E-state index is -0.381. The van der Waals surface area contributed by atoms with Crippen LogP contribution in [0.25, 0.3) is 0 Å². The van der Waals surface area contributed by atoms with Crippen molar-refractivity contribution < 1.29 is 4.92 Å². The molecule has 1 aliphatic carbocycles. The Balaban J connectivity index is 1.29. The lowest BCUT2D eigenvalue weighted by Crippen LogP contribution is -2.29. The van der Waals surface area contributed by atoms with E-state index in [0.29, 0.717) is 11.2 Å². The molecule has 1 saturated carbocycles. The van der Waals surface area contributed by atoms with Gasteiger partial charge in [0.15, 0.2) is 5.11 Å². The van der Waals surface area contributed by atoms with Crippen LogP contribution < -0.4 is 10.2 Å². The molecule has 1 aliphatic heterocycles. The van der Waals surface area contributed by atoms with E-state index in [2.05, 4.69) is 68.6 Å². The lowest BCUT2D eigenvalue weighted by Gasteiger charge is -2.28. The van der Waals surface area contributed by atoms with E-state index in [0.717, 1.165) is 21.2 Å². The van der Waals surface area contributed by atoms with Crippen LogP contribution in [0.3, 0.4) is 0 Å². The number of non-ortho nitro benzene ring substituents is 1. The van der Waals surface area contributed by atoms with E-state index in [1.165, 1.54) is 49.8 Å². The fourth-order valence-electron chi connectivity index (χ4n) is 5.63. The minimum Gasteiger partial charge on any atom is -0.351 e. The molecule has 2 aromatic carbocycles. The Bertz CT molecular complexity index is 1450. The molecular weight excluding hydrogens is 526 g/mol. The summed E-state index contributed by atoms with van der Waals surface area (Å²) in [6, 6.07) is 23.6. The van der Waals surface area contributed by atoms with Gasteiger partial charge in [-0.1, -0.05) is 37.1 Å². The van der Waals surface area contributed by atoms with Gasteiger partial charge in [-0.05, 0) is 85.2 Å². The third kappa shape index (κ3) is 5.42. The molecule has 9 heteroatoms. The van der Waals surface area contributed by atoms with Crippen LogP contribution in [0.15, 0.2) is 101 Å². The molecule has 0 amide bonds. The Labute approximate surface area is 237 Å². The van der Waals surface area contributed by atoms with Crippen molar-refractivity contribution in [3.8, 4) is 0 Å². The lowest BCUT2D eigenvalue weighted by molar-refractivity contribution is -0.384. The Kier molecular flexibility index (Phi) is 7.34. The molecule has 0 bridgehead atoms. The Hall–Kier alpha value is -3.69. The van der Waals surface area contributed by atoms with Crippen LogP contribution in [0.4, 0.5) is 11.4 Å². The molecule has 2 fully saturated rings. The van der Waals surface area contributed by atoms with E-state index in [1.54, 1.807) is 23.9 Å². The molecule has 198 valence electrons. The summed E-state index contributed by atoms with van der Waals surface area (Å²) in [6.07, 6.45) is 12.7. The summed E-state index contributed by atoms with van der Waals surface area (Å²) in [4.78, 5) is 19.5. The molecule has 1 N–H and O–H groups in total. The molecule has 2 aromatic heterocycles. The minimum absolute atomic E-state index is 0.0367. The molecule has 0 spiro atoms. The molecule has 3 heterocycles. The fourth-order valence-corrected chi connectivity index (χ4v) is 6.79. The number of thiocarbonyl (C=S) groups is 1. The first-order chi connectivity index (χ1) is 19.1. The van der Waals surface area contributed by atoms with E-state index >= 15 is 0 Å². The Morgan fingerprint density at radius 2 is 1.67 bits per heavy atom. The van der Waals surface area contributed by atoms with Crippen molar-refractivity contribution in [2.24, 2.45) is 0 Å². The third-order valence-electron chi connectivity index (χ3n) is 7.57. The van der Waals surface area contributed by atoms with Crippen LogP contribution in [0.1, 0.15) is 61.5 Å². The van der Waals surface area contributed by atoms with Gasteiger partial charge in [-0.25, -0.2) is 0 Å². The number of pyridine rings is 1. The van der Waals surface area contributed by atoms with Gasteiger partial charge in [-0.2, -0.15) is 0 Å². The van der Waals surface area contributed by atoms with Gasteiger partial charge >= 0.3 is 0 Å². The van der Waals surface area contributed by atoms with E-state index < -0.39 is 0 Å². The van der Waals surface area contributed by atoms with E-state index in [1.807, 2.05) is 18.3 Å². The lowest BCUT2D eigenvalue weighted by atomic mass is 9.95.